The minimum absolute atomic E-state index is 0.134. The summed E-state index contributed by atoms with van der Waals surface area (Å²) in [4.78, 5) is 35.2. The number of benzene rings is 1. The molecule has 0 radical (unpaired) electrons. The predicted molar refractivity (Wildman–Crippen MR) is 82.3 cm³/mol. The van der Waals surface area contributed by atoms with Crippen molar-refractivity contribution in [2.75, 3.05) is 0 Å². The van der Waals surface area contributed by atoms with Gasteiger partial charge in [0.1, 0.15) is 11.8 Å². The lowest BCUT2D eigenvalue weighted by Crippen LogP contribution is -2.47. The van der Waals surface area contributed by atoms with Gasteiger partial charge >= 0.3 is 18.3 Å². The monoisotopic (exact) mass is 411 g/mol. The molecule has 1 aliphatic carbocycles. The van der Waals surface area contributed by atoms with Crippen molar-refractivity contribution < 1.29 is 45.8 Å². The number of aliphatic carboxylic acids is 1. The number of amides is 1. The predicted octanol–water partition coefficient (Wildman–Crippen LogP) is 3.67. The molecular formula is C17H15F6NO4. The molecule has 28 heavy (non-hydrogen) atoms. The van der Waals surface area contributed by atoms with Crippen LogP contribution in [0, 0.1) is 5.92 Å². The summed E-state index contributed by atoms with van der Waals surface area (Å²) in [5.74, 6) is -3.95. The van der Waals surface area contributed by atoms with Gasteiger partial charge < -0.3 is 10.4 Å². The van der Waals surface area contributed by atoms with Crippen molar-refractivity contribution in [2.24, 2.45) is 5.92 Å². The minimum atomic E-state index is -5.14. The van der Waals surface area contributed by atoms with E-state index in [1.807, 2.05) is 5.32 Å². The van der Waals surface area contributed by atoms with Gasteiger partial charge in [-0.15, -0.1) is 0 Å². The fourth-order valence-corrected chi connectivity index (χ4v) is 3.03. The summed E-state index contributed by atoms with van der Waals surface area (Å²) >= 11 is 0. The molecule has 154 valence electrons. The lowest BCUT2D eigenvalue weighted by molar-refractivity contribution is -0.144. The summed E-state index contributed by atoms with van der Waals surface area (Å²) in [5, 5.41) is 11.2. The van der Waals surface area contributed by atoms with Gasteiger partial charge in [-0.25, -0.2) is 4.79 Å². The van der Waals surface area contributed by atoms with Crippen LogP contribution in [0.25, 0.3) is 0 Å². The maximum absolute atomic E-state index is 12.9. The molecule has 2 rings (SSSR count). The number of alkyl halides is 6. The third-order valence-electron chi connectivity index (χ3n) is 4.39. The van der Waals surface area contributed by atoms with Gasteiger partial charge in [-0.1, -0.05) is 0 Å². The fourth-order valence-electron chi connectivity index (χ4n) is 3.03. The lowest BCUT2D eigenvalue weighted by Gasteiger charge is -2.27. The Balaban J connectivity index is 2.35. The van der Waals surface area contributed by atoms with E-state index in [0.717, 1.165) is 0 Å². The quantitative estimate of drug-likeness (QED) is 0.741. The average Bonchev–Trinajstić information content (AvgIpc) is 2.57. The van der Waals surface area contributed by atoms with E-state index in [-0.39, 0.29) is 43.2 Å². The van der Waals surface area contributed by atoms with Crippen LogP contribution in [-0.4, -0.2) is 28.8 Å². The second kappa shape index (κ2) is 7.80. The summed E-state index contributed by atoms with van der Waals surface area (Å²) < 4.78 is 77.4. The SMILES string of the molecule is O=C1CCC[C@H]([C@@H](NC(=O)c2cc(C(F)(F)F)cc(C(F)(F)F)c2)C(=O)O)C1. The number of carbonyl (C=O) groups excluding carboxylic acids is 2. The first-order valence-corrected chi connectivity index (χ1v) is 8.14. The van der Waals surface area contributed by atoms with Gasteiger partial charge in [-0.3, -0.25) is 9.59 Å². The van der Waals surface area contributed by atoms with E-state index in [2.05, 4.69) is 0 Å². The maximum Gasteiger partial charge on any atom is 0.416 e. The summed E-state index contributed by atoms with van der Waals surface area (Å²) in [6.07, 6.45) is -9.52. The highest BCUT2D eigenvalue weighted by Gasteiger charge is 2.38. The van der Waals surface area contributed by atoms with Crippen molar-refractivity contribution in [1.29, 1.82) is 0 Å². The first-order valence-electron chi connectivity index (χ1n) is 8.14. The average molecular weight is 411 g/mol. The molecule has 1 aliphatic rings. The molecule has 0 aliphatic heterocycles. The van der Waals surface area contributed by atoms with Crippen molar-refractivity contribution >= 4 is 17.7 Å². The number of nitrogens with one attached hydrogen (secondary N) is 1. The molecule has 1 fully saturated rings. The molecule has 0 heterocycles. The number of ketones is 1. The summed E-state index contributed by atoms with van der Waals surface area (Å²) in [7, 11) is 0. The Morgan fingerprint density at radius 3 is 2.00 bits per heavy atom. The number of carboxylic acids is 1. The van der Waals surface area contributed by atoms with Crippen molar-refractivity contribution in [2.45, 2.75) is 44.1 Å². The van der Waals surface area contributed by atoms with E-state index in [4.69, 9.17) is 0 Å². The van der Waals surface area contributed by atoms with Crippen LogP contribution in [-0.2, 0) is 21.9 Å². The van der Waals surface area contributed by atoms with Crippen LogP contribution in [0.2, 0.25) is 0 Å². The van der Waals surface area contributed by atoms with E-state index in [1.54, 1.807) is 0 Å². The molecule has 2 N–H and O–H groups in total. The molecule has 0 unspecified atom stereocenters. The normalized spacial score (nSPS) is 19.2. The van der Waals surface area contributed by atoms with Gasteiger partial charge in [-0.05, 0) is 37.0 Å². The van der Waals surface area contributed by atoms with Gasteiger partial charge in [0.25, 0.3) is 5.91 Å². The maximum atomic E-state index is 12.9. The van der Waals surface area contributed by atoms with Crippen LogP contribution in [0.15, 0.2) is 18.2 Å². The lowest BCUT2D eigenvalue weighted by atomic mass is 9.83. The van der Waals surface area contributed by atoms with E-state index in [0.29, 0.717) is 6.42 Å². The first kappa shape index (κ1) is 21.7. The summed E-state index contributed by atoms with van der Waals surface area (Å²) in [5.41, 5.74) is -4.35. The molecule has 11 heteroatoms. The van der Waals surface area contributed by atoms with Crippen LogP contribution in [0.5, 0.6) is 0 Å². The Hall–Kier alpha value is -2.59. The Bertz CT molecular complexity index is 755. The zero-order chi connectivity index (χ0) is 21.3. The molecule has 0 spiro atoms. The topological polar surface area (TPSA) is 83.5 Å². The first-order chi connectivity index (χ1) is 12.8. The number of rotatable bonds is 4. The zero-order valence-electron chi connectivity index (χ0n) is 14.2. The number of carboxylic acid groups (broad SMARTS) is 1. The van der Waals surface area contributed by atoms with Crippen LogP contribution in [0.3, 0.4) is 0 Å². The molecule has 0 bridgehead atoms. The second-order valence-corrected chi connectivity index (χ2v) is 6.48. The zero-order valence-corrected chi connectivity index (χ0v) is 14.2. The Labute approximate surface area is 154 Å². The van der Waals surface area contributed by atoms with Crippen molar-refractivity contribution in [3.8, 4) is 0 Å². The van der Waals surface area contributed by atoms with Gasteiger partial charge in [0.2, 0.25) is 0 Å². The van der Waals surface area contributed by atoms with Gasteiger partial charge in [0.15, 0.2) is 0 Å². The van der Waals surface area contributed by atoms with Gasteiger partial charge in [-0.2, -0.15) is 26.3 Å². The van der Waals surface area contributed by atoms with Crippen molar-refractivity contribution in [1.82, 2.24) is 5.32 Å². The van der Waals surface area contributed by atoms with Crippen LogP contribution >= 0.6 is 0 Å². The molecule has 1 aromatic rings. The molecule has 2 atom stereocenters. The molecule has 1 saturated carbocycles. The number of Topliss-reactive ketones (excluding diaryl/α,β-unsaturated/α-hetero) is 1. The highest BCUT2D eigenvalue weighted by molar-refractivity contribution is 5.97. The molecule has 0 saturated heterocycles. The van der Waals surface area contributed by atoms with E-state index < -0.39 is 52.9 Å². The summed E-state index contributed by atoms with van der Waals surface area (Å²) in [6.45, 7) is 0. The van der Waals surface area contributed by atoms with Crippen LogP contribution in [0.4, 0.5) is 26.3 Å². The summed E-state index contributed by atoms with van der Waals surface area (Å²) in [6, 6.07) is -1.31. The molecule has 1 amide bonds. The van der Waals surface area contributed by atoms with Crippen LogP contribution < -0.4 is 5.32 Å². The highest BCUT2D eigenvalue weighted by Crippen LogP contribution is 2.36. The van der Waals surface area contributed by atoms with Crippen LogP contribution in [0.1, 0.15) is 47.2 Å². The Morgan fingerprint density at radius 2 is 1.57 bits per heavy atom. The van der Waals surface area contributed by atoms with E-state index in [1.165, 1.54) is 0 Å². The fraction of sp³-hybridized carbons (Fsp3) is 0.471. The number of hydrogen-bond acceptors (Lipinski definition) is 3. The standard InChI is InChI=1S/C17H15F6NO4/c18-16(19,20)10-4-9(5-11(7-10)17(21,22)23)14(26)24-13(15(27)28)8-2-1-3-12(25)6-8/h4-5,7-8,13H,1-3,6H2,(H,24,26)(H,27,28)/t8-,13+/m0/s1. The smallest absolute Gasteiger partial charge is 0.416 e. The Kier molecular flexibility index (Phi) is 6.05. The van der Waals surface area contributed by atoms with Gasteiger partial charge in [0, 0.05) is 18.4 Å². The third kappa shape index (κ3) is 5.23. The number of carbonyl (C=O) groups is 3. The molecule has 0 aromatic heterocycles. The number of halogens is 6. The minimum Gasteiger partial charge on any atom is -0.480 e. The van der Waals surface area contributed by atoms with E-state index in [9.17, 15) is 45.8 Å². The molecule has 1 aromatic carbocycles. The Morgan fingerprint density at radius 1 is 1.04 bits per heavy atom. The molecule has 5 nitrogen and oxygen atoms in total. The third-order valence-corrected chi connectivity index (χ3v) is 4.39. The van der Waals surface area contributed by atoms with Crippen molar-refractivity contribution in [3.63, 3.8) is 0 Å². The highest BCUT2D eigenvalue weighted by atomic mass is 19.4. The molecular weight excluding hydrogens is 396 g/mol. The van der Waals surface area contributed by atoms with E-state index >= 15 is 0 Å². The van der Waals surface area contributed by atoms with Crippen molar-refractivity contribution in [3.05, 3.63) is 34.9 Å². The number of hydrogen-bond donors (Lipinski definition) is 2. The van der Waals surface area contributed by atoms with Gasteiger partial charge in [0.05, 0.1) is 11.1 Å². The second-order valence-electron chi connectivity index (χ2n) is 6.48. The largest absolute Gasteiger partial charge is 0.480 e.